The first-order chi connectivity index (χ1) is 26.2. The Balaban J connectivity index is 1.46. The van der Waals surface area contributed by atoms with E-state index >= 15 is 0 Å². The summed E-state index contributed by atoms with van der Waals surface area (Å²) in [6.45, 7) is 12.6. The van der Waals surface area contributed by atoms with Crippen molar-refractivity contribution in [1.82, 2.24) is 0 Å². The van der Waals surface area contributed by atoms with E-state index in [4.69, 9.17) is 29.2 Å². The van der Waals surface area contributed by atoms with Gasteiger partial charge in [-0.1, -0.05) is 108 Å². The third-order valence-electron chi connectivity index (χ3n) is 10.5. The molecule has 0 bridgehead atoms. The molecule has 8 heteroatoms. The van der Waals surface area contributed by atoms with Crippen LogP contribution in [0.25, 0.3) is 22.3 Å². The van der Waals surface area contributed by atoms with Crippen LogP contribution in [0.15, 0.2) is 78.9 Å². The molecule has 0 atom stereocenters. The number of aryl methyl sites for hydroxylation is 2. The van der Waals surface area contributed by atoms with Crippen LogP contribution in [-0.2, 0) is 25.5 Å². The van der Waals surface area contributed by atoms with Crippen molar-refractivity contribution in [2.75, 3.05) is 39.6 Å². The Morgan fingerprint density at radius 1 is 0.685 bits per heavy atom. The molecule has 2 N–H and O–H groups in total. The molecule has 1 fully saturated rings. The second kappa shape index (κ2) is 22.1. The number of benzene rings is 3. The zero-order valence-electron chi connectivity index (χ0n) is 32.6. The maximum absolute atomic E-state index is 11.9. The molecule has 0 saturated heterocycles. The Kier molecular flexibility index (Phi) is 17.3. The molecule has 3 aromatic rings. The number of hydrogen-bond acceptors (Lipinski definition) is 8. The molecule has 0 aromatic heterocycles. The van der Waals surface area contributed by atoms with Gasteiger partial charge in [-0.25, -0.2) is 9.59 Å². The molecule has 0 aliphatic heterocycles. The molecule has 0 unspecified atom stereocenters. The van der Waals surface area contributed by atoms with Crippen LogP contribution in [-0.4, -0.2) is 61.8 Å². The van der Waals surface area contributed by atoms with E-state index in [1.54, 1.807) is 6.07 Å². The van der Waals surface area contributed by atoms with Gasteiger partial charge in [0.2, 0.25) is 0 Å². The predicted molar refractivity (Wildman–Crippen MR) is 215 cm³/mol. The first-order valence-corrected chi connectivity index (χ1v) is 19.7. The summed E-state index contributed by atoms with van der Waals surface area (Å²) in [5, 5.41) is 18.2. The van der Waals surface area contributed by atoms with Crippen molar-refractivity contribution in [3.63, 3.8) is 0 Å². The summed E-state index contributed by atoms with van der Waals surface area (Å²) < 4.78 is 22.2. The minimum Gasteiger partial charge on any atom is -0.486 e. The van der Waals surface area contributed by atoms with Gasteiger partial charge in [0, 0.05) is 0 Å². The number of rotatable bonds is 22. The molecule has 292 valence electrons. The summed E-state index contributed by atoms with van der Waals surface area (Å²) in [5.74, 6) is 1.01. The Hall–Kier alpha value is -4.40. The van der Waals surface area contributed by atoms with Crippen LogP contribution in [0.4, 0.5) is 0 Å². The average molecular weight is 741 g/mol. The second-order valence-electron chi connectivity index (χ2n) is 14.4. The van der Waals surface area contributed by atoms with E-state index in [0.29, 0.717) is 17.4 Å². The molecular weight excluding hydrogens is 680 g/mol. The van der Waals surface area contributed by atoms with Crippen molar-refractivity contribution in [2.45, 2.75) is 97.3 Å². The van der Waals surface area contributed by atoms with E-state index in [1.807, 2.05) is 12.1 Å². The second-order valence-corrected chi connectivity index (χ2v) is 14.4. The highest BCUT2D eigenvalue weighted by atomic mass is 16.6. The smallest absolute Gasteiger partial charge is 0.335 e. The van der Waals surface area contributed by atoms with E-state index < -0.39 is 25.2 Å². The molecule has 0 spiro atoms. The standard InChI is InChI=1S/C46H60O8/c1-6-8-9-10-11-12-35-13-15-37(16-14-35)41-20-17-38(27-32(41)3)39-18-21-42(36(7-2)28-39)40-19-22-43(51-23-25-53-45(49)33(4)30-47)44(29-40)52-24-26-54-46(50)34(5)31-48/h17-22,27-29,35,37,47-48H,4-16,23-26,30-31H2,1-3H3. The highest BCUT2D eigenvalue weighted by molar-refractivity contribution is 5.88. The summed E-state index contributed by atoms with van der Waals surface area (Å²) in [7, 11) is 0. The van der Waals surface area contributed by atoms with Crippen molar-refractivity contribution < 1.29 is 38.7 Å². The predicted octanol–water partition coefficient (Wildman–Crippen LogP) is 9.47. The molecule has 54 heavy (non-hydrogen) atoms. The zero-order valence-corrected chi connectivity index (χ0v) is 32.6. The van der Waals surface area contributed by atoms with Gasteiger partial charge in [0.25, 0.3) is 0 Å². The number of unbranched alkanes of at least 4 members (excludes halogenated alkanes) is 4. The monoisotopic (exact) mass is 740 g/mol. The molecule has 1 saturated carbocycles. The molecule has 1 aliphatic rings. The Morgan fingerprint density at radius 3 is 1.89 bits per heavy atom. The summed E-state index contributed by atoms with van der Waals surface area (Å²) in [6.07, 6.45) is 14.4. The maximum Gasteiger partial charge on any atom is 0.335 e. The van der Waals surface area contributed by atoms with Crippen LogP contribution < -0.4 is 9.47 Å². The number of carbonyl (C=O) groups excluding carboxylic acids is 2. The van der Waals surface area contributed by atoms with Crippen molar-refractivity contribution in [1.29, 1.82) is 0 Å². The number of hydrogen-bond donors (Lipinski definition) is 2. The fourth-order valence-corrected chi connectivity index (χ4v) is 7.27. The third-order valence-corrected chi connectivity index (χ3v) is 10.5. The van der Waals surface area contributed by atoms with Crippen molar-refractivity contribution in [2.24, 2.45) is 5.92 Å². The summed E-state index contributed by atoms with van der Waals surface area (Å²) in [6, 6.07) is 19.2. The van der Waals surface area contributed by atoms with Crippen molar-refractivity contribution in [3.8, 4) is 33.8 Å². The number of aliphatic hydroxyl groups is 2. The normalized spacial score (nSPS) is 15.4. The van der Waals surface area contributed by atoms with Gasteiger partial charge in [0.15, 0.2) is 11.5 Å². The van der Waals surface area contributed by atoms with E-state index in [2.05, 4.69) is 70.3 Å². The topological polar surface area (TPSA) is 112 Å². The summed E-state index contributed by atoms with van der Waals surface area (Å²) >= 11 is 0. The highest BCUT2D eigenvalue weighted by Gasteiger charge is 2.23. The van der Waals surface area contributed by atoms with Crippen LogP contribution in [0.5, 0.6) is 11.5 Å². The van der Waals surface area contributed by atoms with E-state index in [-0.39, 0.29) is 37.6 Å². The molecule has 4 rings (SSSR count). The first-order valence-electron chi connectivity index (χ1n) is 19.7. The molecule has 1 aliphatic carbocycles. The zero-order chi connectivity index (χ0) is 38.9. The largest absolute Gasteiger partial charge is 0.486 e. The van der Waals surface area contributed by atoms with Gasteiger partial charge in [0.1, 0.15) is 26.4 Å². The average Bonchev–Trinajstić information content (AvgIpc) is 3.20. The minimum atomic E-state index is -0.693. The summed E-state index contributed by atoms with van der Waals surface area (Å²) in [4.78, 5) is 23.8. The number of esters is 2. The van der Waals surface area contributed by atoms with Gasteiger partial charge in [0.05, 0.1) is 24.4 Å². The molecule has 0 radical (unpaired) electrons. The third kappa shape index (κ3) is 12.3. The van der Waals surface area contributed by atoms with Gasteiger partial charge in [-0.15, -0.1) is 0 Å². The van der Waals surface area contributed by atoms with E-state index in [0.717, 1.165) is 23.5 Å². The van der Waals surface area contributed by atoms with Crippen LogP contribution in [0, 0.1) is 12.8 Å². The van der Waals surface area contributed by atoms with Crippen LogP contribution in [0.2, 0.25) is 0 Å². The number of aliphatic hydroxyl groups excluding tert-OH is 2. The SMILES string of the molecule is C=C(CO)C(=O)OCCOc1ccc(-c2ccc(-c3ccc(C4CCC(CCCCCCC)CC4)c(C)c3)cc2CC)cc1OCCOC(=O)C(=C)CO. The van der Waals surface area contributed by atoms with Gasteiger partial charge < -0.3 is 29.2 Å². The van der Waals surface area contributed by atoms with Gasteiger partial charge in [-0.05, 0) is 102 Å². The van der Waals surface area contributed by atoms with Crippen molar-refractivity contribution >= 4 is 11.9 Å². The maximum atomic E-state index is 11.9. The Labute approximate surface area is 322 Å². The van der Waals surface area contributed by atoms with E-state index in [1.165, 1.54) is 92.0 Å². The van der Waals surface area contributed by atoms with Crippen molar-refractivity contribution in [3.05, 3.63) is 95.6 Å². The fraction of sp³-hybridized carbons (Fsp3) is 0.478. The summed E-state index contributed by atoms with van der Waals surface area (Å²) in [5.41, 5.74) is 8.37. The Bertz CT molecular complexity index is 1700. The lowest BCUT2D eigenvalue weighted by molar-refractivity contribution is -0.141. The Morgan fingerprint density at radius 2 is 1.28 bits per heavy atom. The van der Waals surface area contributed by atoms with E-state index in [9.17, 15) is 9.59 Å². The molecule has 0 amide bonds. The molecule has 8 nitrogen and oxygen atoms in total. The first kappa shape index (κ1) is 42.3. The van der Waals surface area contributed by atoms with Gasteiger partial charge in [-0.2, -0.15) is 0 Å². The quantitative estimate of drug-likeness (QED) is 0.0596. The van der Waals surface area contributed by atoms with Gasteiger partial charge in [-0.3, -0.25) is 0 Å². The molecule has 3 aromatic carbocycles. The lowest BCUT2D eigenvalue weighted by Gasteiger charge is -2.30. The fourth-order valence-electron chi connectivity index (χ4n) is 7.27. The van der Waals surface area contributed by atoms with Gasteiger partial charge >= 0.3 is 11.9 Å². The lowest BCUT2D eigenvalue weighted by atomic mass is 9.76. The molecular formula is C46H60O8. The lowest BCUT2D eigenvalue weighted by Crippen LogP contribution is -2.16. The highest BCUT2D eigenvalue weighted by Crippen LogP contribution is 2.40. The minimum absolute atomic E-state index is 0.0328. The van der Waals surface area contributed by atoms with Crippen LogP contribution in [0.3, 0.4) is 0 Å². The van der Waals surface area contributed by atoms with Crippen LogP contribution in [0.1, 0.15) is 101 Å². The number of ether oxygens (including phenoxy) is 4. The number of carbonyl (C=O) groups is 2. The molecule has 0 heterocycles. The van der Waals surface area contributed by atoms with Crippen LogP contribution >= 0.6 is 0 Å².